The number of aliphatic hydroxyl groups excluding tert-OH is 2. The van der Waals surface area contributed by atoms with Crippen LogP contribution in [0.15, 0.2) is 36.5 Å². The summed E-state index contributed by atoms with van der Waals surface area (Å²) < 4.78 is 10.3. The lowest BCUT2D eigenvalue weighted by Crippen LogP contribution is -2.42. The largest absolute Gasteiger partial charge is 0.478 e. The van der Waals surface area contributed by atoms with Gasteiger partial charge in [0.2, 0.25) is 0 Å². The van der Waals surface area contributed by atoms with Crippen molar-refractivity contribution in [1.29, 1.82) is 0 Å². The average Bonchev–Trinajstić information content (AvgIpc) is 2.59. The van der Waals surface area contributed by atoms with Crippen molar-refractivity contribution >= 4 is 17.9 Å². The lowest BCUT2D eigenvalue weighted by Gasteiger charge is -2.27. The molecule has 1 aliphatic heterocycles. The third-order valence-electron chi connectivity index (χ3n) is 3.60. The number of aliphatic hydroxyl groups is 2. The minimum atomic E-state index is -1.27. The number of cyclic esters (lactones) is 1. The molecule has 1 aliphatic rings. The number of hydrogen-bond donors (Lipinski definition) is 3. The van der Waals surface area contributed by atoms with Gasteiger partial charge in [-0.3, -0.25) is 0 Å². The summed E-state index contributed by atoms with van der Waals surface area (Å²) in [6, 6.07) is 0. The number of carbonyl (C=O) groups excluding carboxylic acids is 2. The Hall–Kier alpha value is -2.45. The van der Waals surface area contributed by atoms with Crippen molar-refractivity contribution in [3.05, 3.63) is 36.5 Å². The number of ether oxygens (including phenoxy) is 2. The van der Waals surface area contributed by atoms with Gasteiger partial charge in [-0.05, 0) is 19.3 Å². The summed E-state index contributed by atoms with van der Waals surface area (Å²) in [5, 5.41) is 28.4. The van der Waals surface area contributed by atoms with Gasteiger partial charge in [0.15, 0.2) is 6.10 Å². The summed E-state index contributed by atoms with van der Waals surface area (Å²) in [5.41, 5.74) is 0. The van der Waals surface area contributed by atoms with E-state index in [2.05, 4.69) is 0 Å². The van der Waals surface area contributed by atoms with Crippen molar-refractivity contribution in [3.63, 3.8) is 0 Å². The zero-order valence-electron chi connectivity index (χ0n) is 14.5. The van der Waals surface area contributed by atoms with E-state index in [0.717, 1.165) is 18.2 Å². The third-order valence-corrected chi connectivity index (χ3v) is 3.60. The number of carboxylic acid groups (broad SMARTS) is 1. The third kappa shape index (κ3) is 7.62. The second-order valence-corrected chi connectivity index (χ2v) is 5.73. The molecule has 0 saturated heterocycles. The minimum Gasteiger partial charge on any atom is -0.478 e. The fourth-order valence-corrected chi connectivity index (χ4v) is 2.30. The predicted octanol–water partition coefficient (Wildman–Crippen LogP) is 0.879. The molecule has 0 aromatic rings. The standard InChI is InChI=1S/C18H24O8/c1-2-7-13-17(23)12(19)8-3-4-9-14(18(24)26-13)25-16(22)11-6-5-10-15(20)21/h3,5-6,8,10-14,17,19,23H,2,4,7,9H2,1H3,(H,20,21)/b8-3+,10-5+,11-6+/t12-,13-,14+,17+/m1/s1. The maximum absolute atomic E-state index is 12.3. The Labute approximate surface area is 151 Å². The molecule has 0 aromatic carbocycles. The Morgan fingerprint density at radius 3 is 2.65 bits per heavy atom. The highest BCUT2D eigenvalue weighted by Gasteiger charge is 2.32. The molecule has 0 fully saturated rings. The first kappa shape index (κ1) is 21.6. The lowest BCUT2D eigenvalue weighted by molar-refractivity contribution is -0.176. The normalized spacial score (nSPS) is 28.7. The molecule has 4 atom stereocenters. The number of aliphatic carboxylic acids is 1. The minimum absolute atomic E-state index is 0.154. The van der Waals surface area contributed by atoms with Gasteiger partial charge in [0.25, 0.3) is 0 Å². The predicted molar refractivity (Wildman–Crippen MR) is 91.0 cm³/mol. The highest BCUT2D eigenvalue weighted by Crippen LogP contribution is 2.17. The van der Waals surface area contributed by atoms with E-state index in [-0.39, 0.29) is 6.42 Å². The maximum Gasteiger partial charge on any atom is 0.347 e. The number of carboxylic acids is 1. The van der Waals surface area contributed by atoms with Gasteiger partial charge in [-0.25, -0.2) is 14.4 Å². The van der Waals surface area contributed by atoms with Crippen LogP contribution in [0.3, 0.4) is 0 Å². The van der Waals surface area contributed by atoms with Gasteiger partial charge in [0.05, 0.1) is 0 Å². The van der Waals surface area contributed by atoms with E-state index in [1.807, 2.05) is 6.92 Å². The topological polar surface area (TPSA) is 130 Å². The van der Waals surface area contributed by atoms with E-state index in [9.17, 15) is 24.6 Å². The lowest BCUT2D eigenvalue weighted by atomic mass is 10.0. The van der Waals surface area contributed by atoms with Crippen molar-refractivity contribution in [2.24, 2.45) is 0 Å². The Kier molecular flexibility index (Phi) is 9.32. The molecule has 8 nitrogen and oxygen atoms in total. The first-order chi connectivity index (χ1) is 12.3. The van der Waals surface area contributed by atoms with Crippen molar-refractivity contribution in [2.75, 3.05) is 0 Å². The van der Waals surface area contributed by atoms with E-state index in [1.165, 1.54) is 12.2 Å². The van der Waals surface area contributed by atoms with Gasteiger partial charge in [-0.2, -0.15) is 0 Å². The van der Waals surface area contributed by atoms with Gasteiger partial charge in [-0.1, -0.05) is 37.6 Å². The van der Waals surface area contributed by atoms with E-state index in [0.29, 0.717) is 19.3 Å². The van der Waals surface area contributed by atoms with E-state index in [4.69, 9.17) is 14.6 Å². The molecule has 26 heavy (non-hydrogen) atoms. The van der Waals surface area contributed by atoms with Gasteiger partial charge >= 0.3 is 17.9 Å². The molecular weight excluding hydrogens is 344 g/mol. The van der Waals surface area contributed by atoms with E-state index >= 15 is 0 Å². The highest BCUT2D eigenvalue weighted by molar-refractivity contribution is 5.86. The second-order valence-electron chi connectivity index (χ2n) is 5.73. The molecule has 1 heterocycles. The summed E-state index contributed by atoms with van der Waals surface area (Å²) >= 11 is 0. The van der Waals surface area contributed by atoms with Crippen LogP contribution in [-0.2, 0) is 23.9 Å². The highest BCUT2D eigenvalue weighted by atomic mass is 16.6. The summed E-state index contributed by atoms with van der Waals surface area (Å²) in [6.45, 7) is 1.84. The Balaban J connectivity index is 2.80. The average molecular weight is 368 g/mol. The van der Waals surface area contributed by atoms with Crippen molar-refractivity contribution < 1.29 is 39.2 Å². The molecule has 0 spiro atoms. The molecule has 0 saturated carbocycles. The Bertz CT molecular complexity index is 578. The first-order valence-electron chi connectivity index (χ1n) is 8.36. The first-order valence-corrected chi connectivity index (χ1v) is 8.36. The number of esters is 2. The van der Waals surface area contributed by atoms with Gasteiger partial charge in [0, 0.05) is 12.2 Å². The van der Waals surface area contributed by atoms with Gasteiger partial charge < -0.3 is 24.8 Å². The van der Waals surface area contributed by atoms with Crippen LogP contribution in [0.2, 0.25) is 0 Å². The van der Waals surface area contributed by atoms with Crippen molar-refractivity contribution in [1.82, 2.24) is 0 Å². The summed E-state index contributed by atoms with van der Waals surface area (Å²) in [5.74, 6) is -2.78. The molecule has 0 unspecified atom stereocenters. The fourth-order valence-electron chi connectivity index (χ4n) is 2.30. The molecule has 0 aromatic heterocycles. The SMILES string of the molecule is CCC[C@H]1OC(=O)[C@@H](OC(=O)/C=C/C=C/C(=O)O)CC/C=C/[C@@H](O)[C@@H]1O. The van der Waals surface area contributed by atoms with Crippen molar-refractivity contribution in [2.45, 2.75) is 57.0 Å². The number of hydrogen-bond acceptors (Lipinski definition) is 7. The van der Waals surface area contributed by atoms with Crippen LogP contribution in [0.1, 0.15) is 32.6 Å². The number of rotatable bonds is 6. The molecule has 8 heteroatoms. The van der Waals surface area contributed by atoms with E-state index in [1.54, 1.807) is 6.08 Å². The smallest absolute Gasteiger partial charge is 0.347 e. The fraction of sp³-hybridized carbons (Fsp3) is 0.500. The second kappa shape index (κ2) is 11.2. The quantitative estimate of drug-likeness (QED) is 0.273. The van der Waals surface area contributed by atoms with E-state index < -0.39 is 42.3 Å². The molecule has 3 N–H and O–H groups in total. The van der Waals surface area contributed by atoms with Crippen LogP contribution in [0.5, 0.6) is 0 Å². The molecular formula is C18H24O8. The molecule has 144 valence electrons. The van der Waals surface area contributed by atoms with Crippen LogP contribution >= 0.6 is 0 Å². The van der Waals surface area contributed by atoms with Crippen LogP contribution in [0.4, 0.5) is 0 Å². The Morgan fingerprint density at radius 2 is 2.00 bits per heavy atom. The Morgan fingerprint density at radius 1 is 1.31 bits per heavy atom. The zero-order valence-corrected chi connectivity index (χ0v) is 14.5. The zero-order chi connectivity index (χ0) is 19.5. The molecule has 1 rings (SSSR count). The molecule has 0 amide bonds. The molecule has 0 bridgehead atoms. The van der Waals surface area contributed by atoms with Crippen molar-refractivity contribution in [3.8, 4) is 0 Å². The molecule has 0 aliphatic carbocycles. The summed E-state index contributed by atoms with van der Waals surface area (Å²) in [6.07, 6.45) is 4.12. The van der Waals surface area contributed by atoms with Crippen LogP contribution in [-0.4, -0.2) is 57.6 Å². The number of carbonyl (C=O) groups is 3. The van der Waals surface area contributed by atoms with Gasteiger partial charge in [0.1, 0.15) is 18.3 Å². The summed E-state index contributed by atoms with van der Waals surface area (Å²) in [4.78, 5) is 34.4. The summed E-state index contributed by atoms with van der Waals surface area (Å²) in [7, 11) is 0. The van der Waals surface area contributed by atoms with Gasteiger partial charge in [-0.15, -0.1) is 0 Å². The molecule has 0 radical (unpaired) electrons. The monoisotopic (exact) mass is 368 g/mol. The van der Waals surface area contributed by atoms with Crippen LogP contribution in [0, 0.1) is 0 Å². The number of allylic oxidation sites excluding steroid dienone is 3. The maximum atomic E-state index is 12.3. The van der Waals surface area contributed by atoms with Crippen LogP contribution < -0.4 is 0 Å². The van der Waals surface area contributed by atoms with Crippen LogP contribution in [0.25, 0.3) is 0 Å².